The summed E-state index contributed by atoms with van der Waals surface area (Å²) in [4.78, 5) is 5.78. The third-order valence-electron chi connectivity index (χ3n) is 2.58. The second-order valence-corrected chi connectivity index (χ2v) is 3.99. The van der Waals surface area contributed by atoms with E-state index in [4.69, 9.17) is 0 Å². The Balaban J connectivity index is 2.67. The van der Waals surface area contributed by atoms with E-state index in [9.17, 15) is 8.78 Å². The first kappa shape index (κ1) is 13.8. The minimum atomic E-state index is -2.33. The smallest absolute Gasteiger partial charge is 0.255 e. The molecule has 0 aliphatic rings. The van der Waals surface area contributed by atoms with Gasteiger partial charge < -0.3 is 10.2 Å². The summed E-state index contributed by atoms with van der Waals surface area (Å²) in [5.74, 6) is 0. The molecule has 5 heteroatoms. The van der Waals surface area contributed by atoms with Crippen LogP contribution in [0.3, 0.4) is 0 Å². The highest BCUT2D eigenvalue weighted by atomic mass is 19.3. The molecule has 1 atom stereocenters. The molecule has 0 saturated heterocycles. The zero-order valence-electron chi connectivity index (χ0n) is 10.5. The van der Waals surface area contributed by atoms with Gasteiger partial charge in [-0.3, -0.25) is 4.98 Å². The zero-order valence-corrected chi connectivity index (χ0v) is 10.5. The standard InChI is InChI=1S/C12H19F2N3/c1-4-15-9(2)11-6-5-10(7-16-11)17(3)8-12(13)14/h5-7,9,12,15H,4,8H2,1-3H3. The largest absolute Gasteiger partial charge is 0.368 e. The molecular weight excluding hydrogens is 224 g/mol. The van der Waals surface area contributed by atoms with Crippen LogP contribution in [0.25, 0.3) is 0 Å². The molecule has 0 radical (unpaired) electrons. The second kappa shape index (κ2) is 6.49. The van der Waals surface area contributed by atoms with Crippen LogP contribution in [0.2, 0.25) is 0 Å². The van der Waals surface area contributed by atoms with Gasteiger partial charge in [-0.15, -0.1) is 0 Å². The molecule has 3 nitrogen and oxygen atoms in total. The van der Waals surface area contributed by atoms with Gasteiger partial charge in [0.05, 0.1) is 24.1 Å². The SMILES string of the molecule is CCNC(C)c1ccc(N(C)CC(F)F)cn1. The van der Waals surface area contributed by atoms with Crippen LogP contribution in [-0.4, -0.2) is 31.5 Å². The monoisotopic (exact) mass is 243 g/mol. The summed E-state index contributed by atoms with van der Waals surface area (Å²) in [6, 6.07) is 3.86. The van der Waals surface area contributed by atoms with Crippen LogP contribution in [0.1, 0.15) is 25.6 Å². The molecule has 0 saturated carbocycles. The van der Waals surface area contributed by atoms with Crippen LogP contribution in [-0.2, 0) is 0 Å². The third-order valence-corrected chi connectivity index (χ3v) is 2.58. The Morgan fingerprint density at radius 3 is 2.59 bits per heavy atom. The topological polar surface area (TPSA) is 28.2 Å². The second-order valence-electron chi connectivity index (χ2n) is 3.99. The molecule has 1 N–H and O–H groups in total. The quantitative estimate of drug-likeness (QED) is 0.832. The number of pyridine rings is 1. The van der Waals surface area contributed by atoms with Crippen molar-refractivity contribution in [2.24, 2.45) is 0 Å². The molecule has 1 aromatic rings. The van der Waals surface area contributed by atoms with Gasteiger partial charge in [-0.25, -0.2) is 8.78 Å². The molecule has 17 heavy (non-hydrogen) atoms. The van der Waals surface area contributed by atoms with Crippen LogP contribution < -0.4 is 10.2 Å². The molecule has 0 aliphatic heterocycles. The van der Waals surface area contributed by atoms with E-state index in [1.807, 2.05) is 26.0 Å². The Hall–Kier alpha value is -1.23. The highest BCUT2D eigenvalue weighted by molar-refractivity contribution is 5.43. The van der Waals surface area contributed by atoms with Crippen LogP contribution in [0.4, 0.5) is 14.5 Å². The Morgan fingerprint density at radius 1 is 1.41 bits per heavy atom. The minimum absolute atomic E-state index is 0.175. The predicted molar refractivity (Wildman–Crippen MR) is 65.6 cm³/mol. The van der Waals surface area contributed by atoms with Gasteiger partial charge >= 0.3 is 0 Å². The van der Waals surface area contributed by atoms with Crippen LogP contribution in [0.5, 0.6) is 0 Å². The maximum Gasteiger partial charge on any atom is 0.255 e. The van der Waals surface area contributed by atoms with Gasteiger partial charge in [0, 0.05) is 13.1 Å². The van der Waals surface area contributed by atoms with Gasteiger partial charge in [0.2, 0.25) is 0 Å². The molecule has 0 fully saturated rings. The van der Waals surface area contributed by atoms with Crippen LogP contribution in [0.15, 0.2) is 18.3 Å². The van der Waals surface area contributed by atoms with Crippen molar-refractivity contribution >= 4 is 5.69 Å². The first-order valence-electron chi connectivity index (χ1n) is 5.73. The number of alkyl halides is 2. The van der Waals surface area contributed by atoms with E-state index in [-0.39, 0.29) is 12.6 Å². The van der Waals surface area contributed by atoms with E-state index in [1.165, 1.54) is 4.90 Å². The molecule has 0 aliphatic carbocycles. The summed E-state index contributed by atoms with van der Waals surface area (Å²) >= 11 is 0. The van der Waals surface area contributed by atoms with Gasteiger partial charge in [-0.05, 0) is 25.6 Å². The van der Waals surface area contributed by atoms with Crippen molar-refractivity contribution < 1.29 is 8.78 Å². The summed E-state index contributed by atoms with van der Waals surface area (Å²) in [5, 5.41) is 3.25. The highest BCUT2D eigenvalue weighted by Gasteiger charge is 2.10. The average molecular weight is 243 g/mol. The van der Waals surface area contributed by atoms with Gasteiger partial charge in [0.1, 0.15) is 0 Å². The number of hydrogen-bond acceptors (Lipinski definition) is 3. The maximum absolute atomic E-state index is 12.2. The Morgan fingerprint density at radius 2 is 2.12 bits per heavy atom. The molecule has 1 unspecified atom stereocenters. The molecule has 96 valence electrons. The number of rotatable bonds is 6. The van der Waals surface area contributed by atoms with Crippen molar-refractivity contribution in [3.63, 3.8) is 0 Å². The predicted octanol–water partition coefficient (Wildman–Crippen LogP) is 2.45. The third kappa shape index (κ3) is 4.26. The van der Waals surface area contributed by atoms with Crippen molar-refractivity contribution in [2.45, 2.75) is 26.3 Å². The Kier molecular flexibility index (Phi) is 5.28. The van der Waals surface area contributed by atoms with E-state index < -0.39 is 6.43 Å². The Labute approximate surface area is 101 Å². The molecule has 0 bridgehead atoms. The number of anilines is 1. The Bertz CT molecular complexity index is 327. The van der Waals surface area contributed by atoms with E-state index in [0.717, 1.165) is 12.2 Å². The van der Waals surface area contributed by atoms with E-state index in [2.05, 4.69) is 10.3 Å². The first-order chi connectivity index (χ1) is 8.04. The lowest BCUT2D eigenvalue weighted by atomic mass is 10.2. The van der Waals surface area contributed by atoms with Gasteiger partial charge in [-0.2, -0.15) is 0 Å². The summed E-state index contributed by atoms with van der Waals surface area (Å²) in [6.45, 7) is 4.65. The fourth-order valence-electron chi connectivity index (χ4n) is 1.60. The van der Waals surface area contributed by atoms with Gasteiger partial charge in [0.15, 0.2) is 0 Å². The summed E-state index contributed by atoms with van der Waals surface area (Å²) < 4.78 is 24.4. The fraction of sp³-hybridized carbons (Fsp3) is 0.583. The number of nitrogens with zero attached hydrogens (tertiary/aromatic N) is 2. The van der Waals surface area contributed by atoms with Crippen molar-refractivity contribution in [3.8, 4) is 0 Å². The molecular formula is C12H19F2N3. The lowest BCUT2D eigenvalue weighted by molar-refractivity contribution is 0.156. The van der Waals surface area contributed by atoms with E-state index in [0.29, 0.717) is 5.69 Å². The van der Waals surface area contributed by atoms with Gasteiger partial charge in [-0.1, -0.05) is 6.92 Å². The number of nitrogens with one attached hydrogen (secondary N) is 1. The molecule has 0 aromatic carbocycles. The van der Waals surface area contributed by atoms with Crippen LogP contribution >= 0.6 is 0 Å². The first-order valence-corrected chi connectivity index (χ1v) is 5.73. The van der Waals surface area contributed by atoms with E-state index >= 15 is 0 Å². The molecule has 0 spiro atoms. The molecule has 0 amide bonds. The molecule has 1 heterocycles. The number of hydrogen-bond donors (Lipinski definition) is 1. The van der Waals surface area contributed by atoms with Crippen molar-refractivity contribution in [3.05, 3.63) is 24.0 Å². The summed E-state index contributed by atoms with van der Waals surface area (Å²) in [5.41, 5.74) is 1.62. The molecule has 1 rings (SSSR count). The number of halogens is 2. The summed E-state index contributed by atoms with van der Waals surface area (Å²) in [7, 11) is 1.64. The maximum atomic E-state index is 12.2. The highest BCUT2D eigenvalue weighted by Crippen LogP contribution is 2.16. The van der Waals surface area contributed by atoms with Crippen molar-refractivity contribution in [1.82, 2.24) is 10.3 Å². The van der Waals surface area contributed by atoms with E-state index in [1.54, 1.807) is 13.2 Å². The van der Waals surface area contributed by atoms with Crippen molar-refractivity contribution in [1.29, 1.82) is 0 Å². The normalized spacial score (nSPS) is 12.8. The minimum Gasteiger partial charge on any atom is -0.368 e. The fourth-order valence-corrected chi connectivity index (χ4v) is 1.60. The molecule has 1 aromatic heterocycles. The average Bonchev–Trinajstić information content (AvgIpc) is 2.28. The van der Waals surface area contributed by atoms with Crippen molar-refractivity contribution in [2.75, 3.05) is 25.0 Å². The lowest BCUT2D eigenvalue weighted by Gasteiger charge is -2.19. The van der Waals surface area contributed by atoms with Crippen LogP contribution in [0, 0.1) is 0 Å². The number of aromatic nitrogens is 1. The zero-order chi connectivity index (χ0) is 12.8. The lowest BCUT2D eigenvalue weighted by Crippen LogP contribution is -2.24. The summed E-state index contributed by atoms with van der Waals surface area (Å²) in [6.07, 6.45) is -0.702. The van der Waals surface area contributed by atoms with Gasteiger partial charge in [0.25, 0.3) is 6.43 Å².